The highest BCUT2D eigenvalue weighted by molar-refractivity contribution is 7.98. The Balaban J connectivity index is 2.01. The number of fused-ring (bicyclic) bond motifs is 1. The molecule has 0 bridgehead atoms. The molecule has 0 atom stereocenters. The molecule has 1 aromatic heterocycles. The molecule has 21 heavy (non-hydrogen) atoms. The Morgan fingerprint density at radius 3 is 2.43 bits per heavy atom. The van der Waals surface area contributed by atoms with E-state index in [0.29, 0.717) is 5.95 Å². The predicted octanol–water partition coefficient (Wildman–Crippen LogP) is 4.14. The van der Waals surface area contributed by atoms with E-state index >= 15 is 0 Å². The van der Waals surface area contributed by atoms with Gasteiger partial charge in [-0.3, -0.25) is 0 Å². The quantitative estimate of drug-likeness (QED) is 0.709. The van der Waals surface area contributed by atoms with Gasteiger partial charge in [0, 0.05) is 23.0 Å². The first-order valence-corrected chi connectivity index (χ1v) is 7.88. The number of thioether (sulfide) groups is 1. The van der Waals surface area contributed by atoms with Gasteiger partial charge in [-0.15, -0.1) is 11.8 Å². The third-order valence-electron chi connectivity index (χ3n) is 3.18. The van der Waals surface area contributed by atoms with Gasteiger partial charge >= 0.3 is 0 Å². The summed E-state index contributed by atoms with van der Waals surface area (Å²) in [5.74, 6) is 1.42. The van der Waals surface area contributed by atoms with Gasteiger partial charge in [-0.1, -0.05) is 12.1 Å². The third kappa shape index (κ3) is 2.92. The minimum Gasteiger partial charge on any atom is -0.357 e. The summed E-state index contributed by atoms with van der Waals surface area (Å²) in [6, 6.07) is 16.3. The van der Waals surface area contributed by atoms with Crippen LogP contribution in [0, 0.1) is 0 Å². The molecule has 0 unspecified atom stereocenters. The van der Waals surface area contributed by atoms with Crippen LogP contribution >= 0.6 is 11.8 Å². The second kappa shape index (κ2) is 6.01. The highest BCUT2D eigenvalue weighted by Gasteiger charge is 2.06. The van der Waals surface area contributed by atoms with Crippen molar-refractivity contribution in [3.8, 4) is 0 Å². The summed E-state index contributed by atoms with van der Waals surface area (Å²) in [4.78, 5) is 10.2. The summed E-state index contributed by atoms with van der Waals surface area (Å²) < 4.78 is 0. The van der Waals surface area contributed by atoms with Crippen LogP contribution < -0.4 is 10.6 Å². The van der Waals surface area contributed by atoms with Crippen molar-refractivity contribution < 1.29 is 0 Å². The molecule has 2 aromatic carbocycles. The number of rotatable bonds is 4. The van der Waals surface area contributed by atoms with E-state index in [4.69, 9.17) is 0 Å². The summed E-state index contributed by atoms with van der Waals surface area (Å²) in [6.07, 6.45) is 2.07. The minimum absolute atomic E-state index is 0.608. The molecule has 3 rings (SSSR count). The molecule has 5 heteroatoms. The van der Waals surface area contributed by atoms with Gasteiger partial charge in [-0.05, 0) is 42.7 Å². The molecule has 3 aromatic rings. The van der Waals surface area contributed by atoms with Crippen LogP contribution in [0.5, 0.6) is 0 Å². The van der Waals surface area contributed by atoms with E-state index in [1.165, 1.54) is 4.90 Å². The molecular formula is C16H16N4S. The zero-order valence-electron chi connectivity index (χ0n) is 11.9. The molecule has 0 fully saturated rings. The van der Waals surface area contributed by atoms with Crippen molar-refractivity contribution in [2.45, 2.75) is 4.90 Å². The molecule has 0 saturated heterocycles. The fourth-order valence-corrected chi connectivity index (χ4v) is 2.50. The Kier molecular flexibility index (Phi) is 3.92. The minimum atomic E-state index is 0.608. The number of anilines is 3. The topological polar surface area (TPSA) is 49.8 Å². The van der Waals surface area contributed by atoms with Crippen molar-refractivity contribution in [3.05, 3.63) is 48.5 Å². The first-order chi connectivity index (χ1) is 10.3. The highest BCUT2D eigenvalue weighted by atomic mass is 32.2. The number of hydrogen-bond donors (Lipinski definition) is 2. The first-order valence-electron chi connectivity index (χ1n) is 6.66. The van der Waals surface area contributed by atoms with Crippen LogP contribution in [-0.4, -0.2) is 23.3 Å². The van der Waals surface area contributed by atoms with E-state index in [1.54, 1.807) is 11.8 Å². The normalized spacial score (nSPS) is 10.6. The van der Waals surface area contributed by atoms with E-state index in [1.807, 2.05) is 31.3 Å². The van der Waals surface area contributed by atoms with Crippen molar-refractivity contribution in [3.63, 3.8) is 0 Å². The van der Waals surface area contributed by atoms with E-state index in [2.05, 4.69) is 51.1 Å². The molecule has 0 radical (unpaired) electrons. The molecule has 2 N–H and O–H groups in total. The van der Waals surface area contributed by atoms with Gasteiger partial charge in [-0.25, -0.2) is 4.98 Å². The monoisotopic (exact) mass is 296 g/mol. The number of hydrogen-bond acceptors (Lipinski definition) is 5. The van der Waals surface area contributed by atoms with E-state index in [9.17, 15) is 0 Å². The smallest absolute Gasteiger partial charge is 0.224 e. The maximum atomic E-state index is 4.52. The molecule has 0 aliphatic carbocycles. The van der Waals surface area contributed by atoms with Gasteiger partial charge in [0.2, 0.25) is 5.95 Å². The summed E-state index contributed by atoms with van der Waals surface area (Å²) in [5, 5.41) is 7.38. The maximum absolute atomic E-state index is 4.52. The zero-order chi connectivity index (χ0) is 14.7. The third-order valence-corrected chi connectivity index (χ3v) is 3.92. The van der Waals surface area contributed by atoms with Crippen molar-refractivity contribution >= 4 is 40.1 Å². The standard InChI is InChI=1S/C16H16N4S/c1-17-16-19-14-6-4-3-5-13(14)15(20-16)18-11-7-9-12(21-2)10-8-11/h3-10H,1-2H3,(H2,17,18,19,20). The average molecular weight is 296 g/mol. The predicted molar refractivity (Wildman–Crippen MR) is 90.6 cm³/mol. The fraction of sp³-hybridized carbons (Fsp3) is 0.125. The molecule has 0 saturated carbocycles. The van der Waals surface area contributed by atoms with Crippen LogP contribution in [-0.2, 0) is 0 Å². The Bertz CT molecular complexity index is 756. The lowest BCUT2D eigenvalue weighted by atomic mass is 10.2. The molecule has 0 aliphatic rings. The summed E-state index contributed by atoms with van der Waals surface area (Å²) >= 11 is 1.73. The van der Waals surface area contributed by atoms with Gasteiger partial charge in [0.25, 0.3) is 0 Å². The van der Waals surface area contributed by atoms with Crippen LogP contribution in [0.15, 0.2) is 53.4 Å². The van der Waals surface area contributed by atoms with Crippen molar-refractivity contribution in [1.29, 1.82) is 0 Å². The van der Waals surface area contributed by atoms with Gasteiger partial charge in [0.15, 0.2) is 0 Å². The van der Waals surface area contributed by atoms with Crippen molar-refractivity contribution in [2.75, 3.05) is 23.9 Å². The Labute approximate surface area is 128 Å². The van der Waals surface area contributed by atoms with Crippen LogP contribution in [0.25, 0.3) is 10.9 Å². The van der Waals surface area contributed by atoms with Crippen LogP contribution in [0.2, 0.25) is 0 Å². The second-order valence-electron chi connectivity index (χ2n) is 4.52. The molecule has 0 aliphatic heterocycles. The lowest BCUT2D eigenvalue weighted by Gasteiger charge is -2.11. The Morgan fingerprint density at radius 1 is 0.952 bits per heavy atom. The molecular weight excluding hydrogens is 280 g/mol. The lowest BCUT2D eigenvalue weighted by Crippen LogP contribution is -2.01. The molecule has 0 spiro atoms. The SMILES string of the molecule is CNc1nc(Nc2ccc(SC)cc2)c2ccccc2n1. The fourth-order valence-electron chi connectivity index (χ4n) is 2.09. The van der Waals surface area contributed by atoms with Crippen LogP contribution in [0.3, 0.4) is 0 Å². The van der Waals surface area contributed by atoms with Gasteiger partial charge in [0.1, 0.15) is 5.82 Å². The second-order valence-corrected chi connectivity index (χ2v) is 5.40. The average Bonchev–Trinajstić information content (AvgIpc) is 2.55. The van der Waals surface area contributed by atoms with Crippen LogP contribution in [0.4, 0.5) is 17.5 Å². The summed E-state index contributed by atoms with van der Waals surface area (Å²) in [6.45, 7) is 0. The van der Waals surface area contributed by atoms with Crippen molar-refractivity contribution in [1.82, 2.24) is 9.97 Å². The van der Waals surface area contributed by atoms with E-state index < -0.39 is 0 Å². The number of para-hydroxylation sites is 1. The Hall–Kier alpha value is -2.27. The Morgan fingerprint density at radius 2 is 1.71 bits per heavy atom. The highest BCUT2D eigenvalue weighted by Crippen LogP contribution is 2.26. The number of benzene rings is 2. The van der Waals surface area contributed by atoms with Gasteiger partial charge < -0.3 is 10.6 Å². The maximum Gasteiger partial charge on any atom is 0.224 e. The molecule has 0 amide bonds. The number of nitrogens with one attached hydrogen (secondary N) is 2. The van der Waals surface area contributed by atoms with E-state index in [0.717, 1.165) is 22.4 Å². The molecule has 4 nitrogen and oxygen atoms in total. The molecule has 106 valence electrons. The number of nitrogens with zero attached hydrogens (tertiary/aromatic N) is 2. The zero-order valence-corrected chi connectivity index (χ0v) is 12.7. The van der Waals surface area contributed by atoms with Crippen molar-refractivity contribution in [2.24, 2.45) is 0 Å². The largest absolute Gasteiger partial charge is 0.357 e. The van der Waals surface area contributed by atoms with E-state index in [-0.39, 0.29) is 0 Å². The molecule has 1 heterocycles. The summed E-state index contributed by atoms with van der Waals surface area (Å²) in [7, 11) is 1.82. The number of aromatic nitrogens is 2. The summed E-state index contributed by atoms with van der Waals surface area (Å²) in [5.41, 5.74) is 1.93. The van der Waals surface area contributed by atoms with Crippen LogP contribution in [0.1, 0.15) is 0 Å². The van der Waals surface area contributed by atoms with Gasteiger partial charge in [-0.2, -0.15) is 4.98 Å². The van der Waals surface area contributed by atoms with Gasteiger partial charge in [0.05, 0.1) is 5.52 Å². The lowest BCUT2D eigenvalue weighted by molar-refractivity contribution is 1.19. The first kappa shape index (κ1) is 13.7.